The second-order valence-electron chi connectivity index (χ2n) is 10.7. The van der Waals surface area contributed by atoms with E-state index in [9.17, 15) is 10.2 Å². The van der Waals surface area contributed by atoms with Gasteiger partial charge in [-0.15, -0.1) is 0 Å². The quantitative estimate of drug-likeness (QED) is 0.394. The van der Waals surface area contributed by atoms with Gasteiger partial charge in [0, 0.05) is 11.1 Å². The second kappa shape index (κ2) is 19.6. The van der Waals surface area contributed by atoms with E-state index in [1.165, 1.54) is 4.88 Å². The summed E-state index contributed by atoms with van der Waals surface area (Å²) in [4.78, 5) is 1.35. The van der Waals surface area contributed by atoms with E-state index in [1.807, 2.05) is 32.1 Å². The van der Waals surface area contributed by atoms with Crippen molar-refractivity contribution in [2.75, 3.05) is 13.2 Å². The number of hydrogen-bond acceptors (Lipinski definition) is 5. The minimum absolute atomic E-state index is 0. The molecule has 1 heterocycles. The van der Waals surface area contributed by atoms with Crippen LogP contribution in [0.2, 0.25) is 0 Å². The molecule has 0 fully saturated rings. The van der Waals surface area contributed by atoms with Crippen LogP contribution >= 0.6 is 11.3 Å². The van der Waals surface area contributed by atoms with Gasteiger partial charge in [-0.2, -0.15) is 0 Å². The number of phenols is 2. The first-order chi connectivity index (χ1) is 17.3. The number of rotatable bonds is 7. The topological polar surface area (TPSA) is 58.9 Å². The van der Waals surface area contributed by atoms with E-state index < -0.39 is 0 Å². The van der Waals surface area contributed by atoms with Crippen molar-refractivity contribution in [3.8, 4) is 23.0 Å². The molecule has 0 aliphatic carbocycles. The summed E-state index contributed by atoms with van der Waals surface area (Å²) in [6.45, 7) is 18.0. The summed E-state index contributed by atoms with van der Waals surface area (Å²) in [7, 11) is 0. The fraction of sp³-hybridized carbons (Fsp3) is 0.452. The summed E-state index contributed by atoms with van der Waals surface area (Å²) in [5, 5.41) is 21.6. The Morgan fingerprint density at radius 1 is 0.744 bits per heavy atom. The van der Waals surface area contributed by atoms with Crippen LogP contribution in [0, 0.1) is 0 Å². The molecule has 3 aromatic rings. The Bertz CT molecular complexity index is 1010. The van der Waals surface area contributed by atoms with Crippen LogP contribution in [0.4, 0.5) is 0 Å². The summed E-state index contributed by atoms with van der Waals surface area (Å²) in [6.07, 6.45) is 1.98. The van der Waals surface area contributed by atoms with Gasteiger partial charge in [-0.25, -0.2) is 0 Å². The van der Waals surface area contributed by atoms with Gasteiger partial charge in [-0.05, 0) is 60.1 Å². The molecule has 218 valence electrons. The monoisotopic (exact) mass is 630 g/mol. The van der Waals surface area contributed by atoms with Crippen LogP contribution in [0.15, 0.2) is 53.9 Å². The summed E-state index contributed by atoms with van der Waals surface area (Å²) >= 11 is 3.81. The predicted molar refractivity (Wildman–Crippen MR) is 155 cm³/mol. The first-order valence-electron chi connectivity index (χ1n) is 12.8. The number of phenolic OH excluding ortho intramolecular Hbond substituents is 2. The third-order valence-electron chi connectivity index (χ3n) is 5.18. The molecule has 0 aliphatic rings. The molecule has 0 spiro atoms. The van der Waals surface area contributed by atoms with E-state index in [-0.39, 0.29) is 35.6 Å². The number of halogens is 2. The molecule has 4 nitrogen and oxygen atoms in total. The molecule has 0 bridgehead atoms. The van der Waals surface area contributed by atoms with Gasteiger partial charge in [-0.1, -0.05) is 55.4 Å². The Balaban J connectivity index is 0. The van der Waals surface area contributed by atoms with Crippen LogP contribution in [-0.2, 0) is 30.8 Å². The number of ether oxygens (including phenoxy) is 2. The van der Waals surface area contributed by atoms with Crippen molar-refractivity contribution in [1.29, 1.82) is 0 Å². The summed E-state index contributed by atoms with van der Waals surface area (Å²) in [5.74, 6) is 2.34. The Morgan fingerprint density at radius 3 is 1.41 bits per heavy atom. The molecular weight excluding hydrogens is 587 g/mol. The number of thiophene rings is 1. The van der Waals surface area contributed by atoms with Gasteiger partial charge in [0.1, 0.15) is 23.0 Å². The van der Waals surface area contributed by atoms with Gasteiger partial charge in [-0.3, -0.25) is 0 Å². The van der Waals surface area contributed by atoms with Crippen molar-refractivity contribution in [2.45, 2.75) is 79.1 Å². The first-order valence-corrected chi connectivity index (χ1v) is 14.6. The zero-order valence-electron chi connectivity index (χ0n) is 24.5. The van der Waals surface area contributed by atoms with Crippen LogP contribution < -0.4 is 34.3 Å². The van der Waals surface area contributed by atoms with Crippen LogP contribution in [0.25, 0.3) is 0 Å². The fourth-order valence-electron chi connectivity index (χ4n) is 3.22. The summed E-state index contributed by atoms with van der Waals surface area (Å²) in [5.41, 5.74) is 1.73. The van der Waals surface area contributed by atoms with Crippen molar-refractivity contribution >= 4 is 15.7 Å². The molecule has 0 aliphatic heterocycles. The van der Waals surface area contributed by atoms with E-state index in [0.29, 0.717) is 24.7 Å². The third kappa shape index (κ3) is 15.2. The third-order valence-corrected chi connectivity index (χ3v) is 6.81. The maximum atomic E-state index is 9.74. The van der Waals surface area contributed by atoms with Crippen LogP contribution in [0.3, 0.4) is 0 Å². The Kier molecular flexibility index (Phi) is 19.9. The standard InChI is InChI=1S/2C13H20O2.C5H4S.2ClH.Ti/c2*1-5-8-15-10-6-7-12(14)11(9-10)13(2,3)4;1-5-3-2-4-6-5;;;/h2*6-7,9,14H,5,8H2,1-4H3;1-4H;2*1H;/p-2. The van der Waals surface area contributed by atoms with Gasteiger partial charge in [0.25, 0.3) is 0 Å². The zero-order chi connectivity index (χ0) is 28.1. The Morgan fingerprint density at radius 2 is 1.15 bits per heavy atom. The molecule has 2 N–H and O–H groups in total. The van der Waals surface area contributed by atoms with Gasteiger partial charge < -0.3 is 44.5 Å². The zero-order valence-corrected chi connectivity index (χ0v) is 28.4. The van der Waals surface area contributed by atoms with E-state index in [1.54, 1.807) is 35.6 Å². The van der Waals surface area contributed by atoms with Crippen LogP contribution in [0.5, 0.6) is 23.0 Å². The molecule has 39 heavy (non-hydrogen) atoms. The van der Waals surface area contributed by atoms with E-state index in [2.05, 4.69) is 77.2 Å². The van der Waals surface area contributed by atoms with Gasteiger partial charge in [0.2, 0.25) is 0 Å². The summed E-state index contributed by atoms with van der Waals surface area (Å²) < 4.78 is 13.2. The van der Waals surface area contributed by atoms with Gasteiger partial charge in [0.05, 0.1) is 13.2 Å². The van der Waals surface area contributed by atoms with E-state index >= 15 is 0 Å². The van der Waals surface area contributed by atoms with Gasteiger partial charge in [0.15, 0.2) is 0 Å². The van der Waals surface area contributed by atoms with Crippen LogP contribution in [0.1, 0.15) is 84.2 Å². The molecule has 3 rings (SSSR count). The maximum absolute atomic E-state index is 9.74. The number of hydrogen-bond donors (Lipinski definition) is 2. The van der Waals surface area contributed by atoms with Crippen molar-refractivity contribution in [3.05, 3.63) is 69.9 Å². The van der Waals surface area contributed by atoms with E-state index in [4.69, 9.17) is 9.47 Å². The second-order valence-corrected chi connectivity index (χ2v) is 12.1. The number of aromatic hydroxyl groups is 2. The van der Waals surface area contributed by atoms with Crippen molar-refractivity contribution in [2.24, 2.45) is 0 Å². The predicted octanol–water partition coefficient (Wildman–Crippen LogP) is 2.41. The fourth-order valence-corrected chi connectivity index (χ4v) is 4.23. The molecule has 2 aromatic carbocycles. The van der Waals surface area contributed by atoms with Crippen LogP contribution in [-0.4, -0.2) is 27.7 Å². The van der Waals surface area contributed by atoms with E-state index in [0.717, 1.165) is 35.5 Å². The SMILES string of the molecule is CCCOc1ccc(O)c(C(C)(C)C)c1.CCCOc1ccc(O)c(C(C)(C)C)c1.[Cl-].[Cl-].[Ti]=[CH]c1cccs1. The molecule has 8 heteroatoms. The molecule has 0 saturated heterocycles. The molecule has 0 radical (unpaired) electrons. The molecule has 0 amide bonds. The molecule has 0 atom stereocenters. The molecule has 0 saturated carbocycles. The van der Waals surface area contributed by atoms with Crippen molar-refractivity contribution in [1.82, 2.24) is 0 Å². The van der Waals surface area contributed by atoms with Crippen molar-refractivity contribution in [3.63, 3.8) is 0 Å². The molecule has 0 unspecified atom stereocenters. The number of benzene rings is 2. The van der Waals surface area contributed by atoms with Gasteiger partial charge >= 0.3 is 58.0 Å². The Labute approximate surface area is 263 Å². The average Bonchev–Trinajstić information content (AvgIpc) is 3.36. The van der Waals surface area contributed by atoms with Crippen molar-refractivity contribution < 1.29 is 64.5 Å². The first kappa shape index (κ1) is 39.6. The summed E-state index contributed by atoms with van der Waals surface area (Å²) in [6, 6.07) is 15.0. The Hall–Kier alpha value is -1.50. The average molecular weight is 632 g/mol. The molecule has 1 aromatic heterocycles. The molecular formula is C31H44Cl2O4STi-2. The normalized spacial score (nSPS) is 10.3. The minimum atomic E-state index is -0.0599.